The second kappa shape index (κ2) is 76.8. The highest BCUT2D eigenvalue weighted by Gasteiger charge is 2.29. The molecule has 5 unspecified atom stereocenters. The van der Waals surface area contributed by atoms with Crippen molar-refractivity contribution in [3.63, 3.8) is 0 Å². The fourth-order valence-electron chi connectivity index (χ4n) is 10.2. The average Bonchev–Trinajstić information content (AvgIpc) is 0.915. The SMILES string of the molecule is CC/C=C\C/C=C\C/C=C\C/C=C\C/C=C\C/C=C\CCCCCCCCCCCCC(=O)OCC(O)COP(=O)(O)OCC(O)COP(=O)(O)OCC(COC(=O)CCCCCCCCCC/C=C\C/C=C\C/C=C\C/C=C\C/C=C\C/C=C\CC)OC(=O)CCCCCCC/C=C\CCCC. The van der Waals surface area contributed by atoms with Crippen molar-refractivity contribution >= 4 is 33.6 Å². The molecule has 103 heavy (non-hydrogen) atoms. The summed E-state index contributed by atoms with van der Waals surface area (Å²) >= 11 is 0. The normalized spacial score (nSPS) is 14.8. The molecule has 0 aliphatic rings. The van der Waals surface area contributed by atoms with Crippen LogP contribution in [0.25, 0.3) is 0 Å². The van der Waals surface area contributed by atoms with Crippen molar-refractivity contribution < 1.29 is 75.8 Å². The standard InChI is InChI=1S/C85H142O16P2/c1-4-7-10-13-16-19-22-24-26-28-30-32-34-36-38-39-41-43-44-46-48-50-52-54-57-59-62-65-68-71-83(88)95-74-80(86)75-97-102(91,92)98-76-81(87)77-99-103(93,94)100-79-82(101-85(90)73-70-67-64-61-56-21-18-15-12-9-6-3)78-96-84(89)72-69-66-63-60-58-55-53-51-49-47-45-42-40-37-35-33-31-29-27-25-23-20-17-14-11-8-5-2/h7-8,10-11,15-20,24-27,30-33,36-38,40-41,43,45,47,80-82,86-87H,4-6,9,12-14,21-23,28-29,34-35,39,42,44,46,48-79H2,1-3H3,(H,91,92)(H,93,94)/b10-7-,11-8-,18-15-,19-16-,20-17-,26-24-,27-25-,32-30-,33-31-,38-36-,40-37-,43-41-,47-45-. The summed E-state index contributed by atoms with van der Waals surface area (Å²) in [6.07, 6.45) is 95.9. The molecule has 0 aromatic carbocycles. The number of hydrogen-bond acceptors (Lipinski definition) is 14. The number of unbranched alkanes of at least 4 members (excludes halogenated alkanes) is 25. The van der Waals surface area contributed by atoms with Crippen LogP contribution >= 0.6 is 15.6 Å². The van der Waals surface area contributed by atoms with Gasteiger partial charge in [0.15, 0.2) is 6.10 Å². The lowest BCUT2D eigenvalue weighted by Crippen LogP contribution is -2.30. The number of carbonyl (C=O) groups is 3. The van der Waals surface area contributed by atoms with Gasteiger partial charge in [-0.3, -0.25) is 32.5 Å². The molecular weight excluding hydrogens is 1340 g/mol. The monoisotopic (exact) mass is 1480 g/mol. The van der Waals surface area contributed by atoms with Gasteiger partial charge in [-0.25, -0.2) is 9.13 Å². The summed E-state index contributed by atoms with van der Waals surface area (Å²) in [5, 5.41) is 20.6. The predicted molar refractivity (Wildman–Crippen MR) is 426 cm³/mol. The number of esters is 3. The molecular formula is C85H142O16P2. The molecule has 0 spiro atoms. The summed E-state index contributed by atoms with van der Waals surface area (Å²) < 4.78 is 61.1. The Kier molecular flexibility index (Phi) is 73.2. The van der Waals surface area contributed by atoms with Crippen molar-refractivity contribution in [2.24, 2.45) is 0 Å². The zero-order valence-electron chi connectivity index (χ0n) is 64.2. The van der Waals surface area contributed by atoms with Gasteiger partial charge in [0.25, 0.3) is 0 Å². The average molecular weight is 1480 g/mol. The highest BCUT2D eigenvalue weighted by atomic mass is 31.2. The first-order valence-corrected chi connectivity index (χ1v) is 42.8. The van der Waals surface area contributed by atoms with Crippen LogP contribution in [0.1, 0.15) is 303 Å². The van der Waals surface area contributed by atoms with Crippen LogP contribution in [0.5, 0.6) is 0 Å². The molecule has 4 N–H and O–H groups in total. The van der Waals surface area contributed by atoms with E-state index >= 15 is 0 Å². The molecule has 0 fully saturated rings. The van der Waals surface area contributed by atoms with Gasteiger partial charge in [0.2, 0.25) is 0 Å². The van der Waals surface area contributed by atoms with Gasteiger partial charge in [-0.1, -0.05) is 301 Å². The summed E-state index contributed by atoms with van der Waals surface area (Å²) in [7, 11) is -9.80. The Morgan fingerprint density at radius 3 is 0.825 bits per heavy atom. The van der Waals surface area contributed by atoms with Crippen molar-refractivity contribution in [2.75, 3.05) is 39.6 Å². The Morgan fingerprint density at radius 2 is 0.515 bits per heavy atom. The lowest BCUT2D eigenvalue weighted by atomic mass is 10.1. The Balaban J connectivity index is 4.48. The largest absolute Gasteiger partial charge is 0.472 e. The molecule has 0 aliphatic carbocycles. The molecule has 0 aromatic heterocycles. The van der Waals surface area contributed by atoms with Crippen LogP contribution in [-0.2, 0) is 55.8 Å². The molecule has 0 aromatic rings. The quantitative estimate of drug-likeness (QED) is 0.0146. The minimum atomic E-state index is -4.94. The Hall–Kier alpha value is -4.83. The topological polar surface area (TPSA) is 231 Å². The maximum absolute atomic E-state index is 12.9. The number of aliphatic hydroxyl groups excluding tert-OH is 2. The lowest BCUT2D eigenvalue weighted by Gasteiger charge is -2.21. The fraction of sp³-hybridized carbons (Fsp3) is 0.659. The minimum absolute atomic E-state index is 0.0883. The number of phosphoric acid groups is 2. The van der Waals surface area contributed by atoms with Crippen molar-refractivity contribution in [3.05, 3.63) is 158 Å². The zero-order chi connectivity index (χ0) is 75.2. The van der Waals surface area contributed by atoms with Gasteiger partial charge >= 0.3 is 33.6 Å². The van der Waals surface area contributed by atoms with E-state index in [-0.39, 0.29) is 19.3 Å². The zero-order valence-corrected chi connectivity index (χ0v) is 66.0. The van der Waals surface area contributed by atoms with Gasteiger partial charge in [0, 0.05) is 19.3 Å². The van der Waals surface area contributed by atoms with Crippen LogP contribution in [-0.4, -0.2) is 95.9 Å². The highest BCUT2D eigenvalue weighted by Crippen LogP contribution is 2.45. The van der Waals surface area contributed by atoms with Crippen LogP contribution in [0.4, 0.5) is 0 Å². The van der Waals surface area contributed by atoms with Crippen LogP contribution in [0.15, 0.2) is 158 Å². The maximum Gasteiger partial charge on any atom is 0.472 e. The third-order valence-corrected chi connectivity index (χ3v) is 18.1. The Morgan fingerprint density at radius 1 is 0.282 bits per heavy atom. The van der Waals surface area contributed by atoms with Gasteiger partial charge in [-0.2, -0.15) is 0 Å². The van der Waals surface area contributed by atoms with E-state index in [1.54, 1.807) is 0 Å². The van der Waals surface area contributed by atoms with Gasteiger partial charge in [-0.15, -0.1) is 0 Å². The predicted octanol–water partition coefficient (Wildman–Crippen LogP) is 23.4. The molecule has 588 valence electrons. The van der Waals surface area contributed by atoms with Crippen LogP contribution in [0.3, 0.4) is 0 Å². The molecule has 0 radical (unpaired) electrons. The molecule has 16 nitrogen and oxygen atoms in total. The fourth-order valence-corrected chi connectivity index (χ4v) is 11.8. The van der Waals surface area contributed by atoms with E-state index in [1.165, 1.54) is 57.8 Å². The first-order chi connectivity index (χ1) is 50.2. The summed E-state index contributed by atoms with van der Waals surface area (Å²) in [6.45, 7) is 2.38. The summed E-state index contributed by atoms with van der Waals surface area (Å²) in [5.74, 6) is -1.60. The smallest absolute Gasteiger partial charge is 0.463 e. The minimum Gasteiger partial charge on any atom is -0.463 e. The molecule has 0 aliphatic heterocycles. The number of ether oxygens (including phenoxy) is 3. The van der Waals surface area contributed by atoms with Gasteiger partial charge < -0.3 is 34.2 Å². The second-order valence-electron chi connectivity index (χ2n) is 26.1. The molecule has 18 heteroatoms. The van der Waals surface area contributed by atoms with Crippen LogP contribution in [0, 0.1) is 0 Å². The van der Waals surface area contributed by atoms with Crippen LogP contribution in [0.2, 0.25) is 0 Å². The van der Waals surface area contributed by atoms with Gasteiger partial charge in [0.05, 0.1) is 26.4 Å². The molecule has 5 atom stereocenters. The van der Waals surface area contributed by atoms with E-state index in [0.29, 0.717) is 19.3 Å². The molecule has 0 rings (SSSR count). The van der Waals surface area contributed by atoms with Crippen LogP contribution < -0.4 is 0 Å². The van der Waals surface area contributed by atoms with Crippen molar-refractivity contribution in [1.29, 1.82) is 0 Å². The Labute approximate surface area is 625 Å². The molecule has 0 amide bonds. The Bertz CT molecular complexity index is 2500. The van der Waals surface area contributed by atoms with Gasteiger partial charge in [0.1, 0.15) is 25.4 Å². The van der Waals surface area contributed by atoms with Crippen molar-refractivity contribution in [1.82, 2.24) is 0 Å². The van der Waals surface area contributed by atoms with E-state index in [1.807, 2.05) is 0 Å². The third-order valence-electron chi connectivity index (χ3n) is 16.2. The summed E-state index contributed by atoms with van der Waals surface area (Å²) in [4.78, 5) is 58.6. The highest BCUT2D eigenvalue weighted by molar-refractivity contribution is 7.47. The van der Waals surface area contributed by atoms with E-state index in [2.05, 4.69) is 179 Å². The van der Waals surface area contributed by atoms with Crippen molar-refractivity contribution in [2.45, 2.75) is 322 Å². The first-order valence-electron chi connectivity index (χ1n) is 39.8. The number of aliphatic hydroxyl groups is 2. The molecule has 0 bridgehead atoms. The third kappa shape index (κ3) is 78.1. The summed E-state index contributed by atoms with van der Waals surface area (Å²) in [5.41, 5.74) is 0. The van der Waals surface area contributed by atoms with E-state index in [0.717, 1.165) is 186 Å². The lowest BCUT2D eigenvalue weighted by molar-refractivity contribution is -0.161. The summed E-state index contributed by atoms with van der Waals surface area (Å²) in [6, 6.07) is 0. The van der Waals surface area contributed by atoms with E-state index in [4.69, 9.17) is 32.3 Å². The molecule has 0 saturated carbocycles. The van der Waals surface area contributed by atoms with Crippen molar-refractivity contribution in [3.8, 4) is 0 Å². The number of phosphoric ester groups is 2. The maximum atomic E-state index is 12.9. The van der Waals surface area contributed by atoms with E-state index in [9.17, 15) is 43.5 Å². The number of allylic oxidation sites excluding steroid dienone is 26. The second-order valence-corrected chi connectivity index (χ2v) is 29.0. The number of carbonyl (C=O) groups excluding carboxylic acids is 3. The molecule has 0 heterocycles. The first kappa shape index (κ1) is 98.2. The molecule has 0 saturated heterocycles. The van der Waals surface area contributed by atoms with Gasteiger partial charge in [-0.05, 0) is 141 Å². The van der Waals surface area contributed by atoms with E-state index < -0.39 is 91.5 Å². The number of hydrogen-bond donors (Lipinski definition) is 4. The number of rotatable bonds is 74.